The highest BCUT2D eigenvalue weighted by Crippen LogP contribution is 2.31. The minimum Gasteiger partial charge on any atom is -0.350 e. The molecule has 3 aromatic carbocycles. The van der Waals surface area contributed by atoms with Crippen molar-refractivity contribution in [1.82, 2.24) is 14.9 Å². The van der Waals surface area contributed by atoms with Crippen LogP contribution in [0.3, 0.4) is 0 Å². The number of anilines is 1. The van der Waals surface area contributed by atoms with E-state index in [1.165, 1.54) is 28.7 Å². The Bertz CT molecular complexity index is 1600. The van der Waals surface area contributed by atoms with Gasteiger partial charge < -0.3 is 15.2 Å². The summed E-state index contributed by atoms with van der Waals surface area (Å²) in [5.41, 5.74) is 5.97. The monoisotopic (exact) mass is 528 g/mol. The molecule has 0 unspecified atom stereocenters. The Hall–Kier alpha value is -3.62. The number of nitrogens with zero attached hydrogens (tertiary/aromatic N) is 2. The third kappa shape index (κ3) is 5.87. The number of benzene rings is 3. The Balaban J connectivity index is 1.22. The second-order valence-corrected chi connectivity index (χ2v) is 11.2. The summed E-state index contributed by atoms with van der Waals surface area (Å²) >= 11 is 2.99. The molecule has 188 valence electrons. The second-order valence-electron chi connectivity index (χ2n) is 9.16. The molecule has 0 saturated carbocycles. The van der Waals surface area contributed by atoms with E-state index in [-0.39, 0.29) is 17.6 Å². The SMILES string of the molecule is Cc1cc(C)cc(C(=O)NCCn2cc(SCC(=O)Nc3nc4ccc(C)cc4s3)c3ccccc32)c1. The van der Waals surface area contributed by atoms with Crippen molar-refractivity contribution in [3.05, 3.63) is 89.1 Å². The molecule has 0 aliphatic carbocycles. The molecule has 0 bridgehead atoms. The summed E-state index contributed by atoms with van der Waals surface area (Å²) in [6, 6.07) is 20.1. The maximum atomic E-state index is 12.7. The van der Waals surface area contributed by atoms with Crippen molar-refractivity contribution >= 4 is 61.2 Å². The molecule has 5 aromatic rings. The summed E-state index contributed by atoms with van der Waals surface area (Å²) in [4.78, 5) is 30.9. The number of aryl methyl sites for hydroxylation is 3. The molecule has 0 atom stereocenters. The van der Waals surface area contributed by atoms with E-state index in [0.29, 0.717) is 23.8 Å². The Morgan fingerprint density at radius 1 is 0.973 bits per heavy atom. The van der Waals surface area contributed by atoms with E-state index in [9.17, 15) is 9.59 Å². The molecular formula is C29H28N4O2S2. The van der Waals surface area contributed by atoms with Gasteiger partial charge in [-0.25, -0.2) is 4.98 Å². The Morgan fingerprint density at radius 3 is 2.57 bits per heavy atom. The first kappa shape index (κ1) is 25.0. The van der Waals surface area contributed by atoms with Crippen LogP contribution < -0.4 is 10.6 Å². The summed E-state index contributed by atoms with van der Waals surface area (Å²) < 4.78 is 3.20. The highest BCUT2D eigenvalue weighted by Gasteiger charge is 2.13. The number of thioether (sulfide) groups is 1. The number of nitrogens with one attached hydrogen (secondary N) is 2. The normalized spacial score (nSPS) is 11.2. The number of thiazole rings is 1. The molecule has 0 aliphatic heterocycles. The predicted molar refractivity (Wildman–Crippen MR) is 154 cm³/mol. The Morgan fingerprint density at radius 2 is 1.76 bits per heavy atom. The molecule has 2 aromatic heterocycles. The van der Waals surface area contributed by atoms with Crippen molar-refractivity contribution in [1.29, 1.82) is 0 Å². The van der Waals surface area contributed by atoms with Gasteiger partial charge in [-0.05, 0) is 56.7 Å². The maximum Gasteiger partial charge on any atom is 0.251 e. The van der Waals surface area contributed by atoms with Gasteiger partial charge in [0.2, 0.25) is 5.91 Å². The fourth-order valence-electron chi connectivity index (χ4n) is 4.39. The zero-order chi connectivity index (χ0) is 25.9. The van der Waals surface area contributed by atoms with Gasteiger partial charge in [0, 0.05) is 40.6 Å². The average Bonchev–Trinajstić information content (AvgIpc) is 3.42. The molecular weight excluding hydrogens is 500 g/mol. The highest BCUT2D eigenvalue weighted by atomic mass is 32.2. The van der Waals surface area contributed by atoms with E-state index in [4.69, 9.17) is 0 Å². The van der Waals surface area contributed by atoms with Crippen molar-refractivity contribution in [2.45, 2.75) is 32.2 Å². The topological polar surface area (TPSA) is 76.0 Å². The van der Waals surface area contributed by atoms with Crippen molar-refractivity contribution in [2.24, 2.45) is 0 Å². The highest BCUT2D eigenvalue weighted by molar-refractivity contribution is 8.00. The number of hydrogen-bond acceptors (Lipinski definition) is 5. The first-order valence-electron chi connectivity index (χ1n) is 12.1. The van der Waals surface area contributed by atoms with E-state index >= 15 is 0 Å². The lowest BCUT2D eigenvalue weighted by Gasteiger charge is -2.09. The van der Waals surface area contributed by atoms with E-state index in [2.05, 4.69) is 50.6 Å². The number of hydrogen-bond donors (Lipinski definition) is 2. The molecule has 8 heteroatoms. The summed E-state index contributed by atoms with van der Waals surface area (Å²) in [7, 11) is 0. The molecule has 2 amide bonds. The lowest BCUT2D eigenvalue weighted by Crippen LogP contribution is -2.27. The van der Waals surface area contributed by atoms with Crippen LogP contribution in [0.2, 0.25) is 0 Å². The first-order valence-corrected chi connectivity index (χ1v) is 13.9. The van der Waals surface area contributed by atoms with Gasteiger partial charge in [0.1, 0.15) is 0 Å². The van der Waals surface area contributed by atoms with E-state index in [0.717, 1.165) is 37.1 Å². The van der Waals surface area contributed by atoms with Crippen LogP contribution in [0.4, 0.5) is 5.13 Å². The third-order valence-corrected chi connectivity index (χ3v) is 8.00. The van der Waals surface area contributed by atoms with Gasteiger partial charge >= 0.3 is 0 Å². The lowest BCUT2D eigenvalue weighted by atomic mass is 10.1. The fourth-order valence-corrected chi connectivity index (χ4v) is 6.26. The van der Waals surface area contributed by atoms with Crippen LogP contribution in [0.15, 0.2) is 71.8 Å². The number of fused-ring (bicyclic) bond motifs is 2. The molecule has 0 saturated heterocycles. The van der Waals surface area contributed by atoms with Crippen molar-refractivity contribution in [2.75, 3.05) is 17.6 Å². The van der Waals surface area contributed by atoms with Crippen LogP contribution in [0, 0.1) is 20.8 Å². The van der Waals surface area contributed by atoms with Gasteiger partial charge in [-0.2, -0.15) is 0 Å². The number of para-hydroxylation sites is 1. The summed E-state index contributed by atoms with van der Waals surface area (Å²) in [6.45, 7) is 7.18. The zero-order valence-electron chi connectivity index (χ0n) is 21.0. The predicted octanol–water partition coefficient (Wildman–Crippen LogP) is 6.34. The number of carbonyl (C=O) groups is 2. The van der Waals surface area contributed by atoms with Crippen molar-refractivity contribution in [3.63, 3.8) is 0 Å². The van der Waals surface area contributed by atoms with Gasteiger partial charge in [-0.3, -0.25) is 9.59 Å². The Labute approximate surface area is 224 Å². The number of carbonyl (C=O) groups excluding carboxylic acids is 2. The first-order chi connectivity index (χ1) is 17.9. The lowest BCUT2D eigenvalue weighted by molar-refractivity contribution is -0.113. The van der Waals surface area contributed by atoms with Crippen LogP contribution in [0.1, 0.15) is 27.0 Å². The van der Waals surface area contributed by atoms with Crippen LogP contribution in [0.5, 0.6) is 0 Å². The molecule has 0 spiro atoms. The minimum absolute atomic E-state index is 0.0699. The van der Waals surface area contributed by atoms with Gasteiger partial charge in [0.15, 0.2) is 5.13 Å². The van der Waals surface area contributed by atoms with Gasteiger partial charge in [-0.1, -0.05) is 52.8 Å². The quantitative estimate of drug-likeness (QED) is 0.231. The fraction of sp³-hybridized carbons (Fsp3) is 0.207. The molecule has 2 N–H and O–H groups in total. The van der Waals surface area contributed by atoms with Crippen molar-refractivity contribution < 1.29 is 9.59 Å². The van der Waals surface area contributed by atoms with Crippen LogP contribution >= 0.6 is 23.1 Å². The third-order valence-electron chi connectivity index (χ3n) is 6.02. The van der Waals surface area contributed by atoms with Crippen LogP contribution in [-0.4, -0.2) is 33.7 Å². The molecule has 0 aliphatic rings. The molecule has 5 rings (SSSR count). The standard InChI is InChI=1S/C29H28N4O2S2/c1-18-8-9-23-25(15-18)37-29(31-23)32-27(34)17-36-26-16-33(24-7-5-4-6-22(24)26)11-10-30-28(35)21-13-19(2)12-20(3)14-21/h4-9,12-16H,10-11,17H2,1-3H3,(H,30,35)(H,31,32,34). The van der Waals surface area contributed by atoms with Gasteiger partial charge in [0.25, 0.3) is 5.91 Å². The minimum atomic E-state index is -0.0849. The van der Waals surface area contributed by atoms with Crippen molar-refractivity contribution in [3.8, 4) is 0 Å². The van der Waals surface area contributed by atoms with E-state index in [1.54, 1.807) is 0 Å². The summed E-state index contributed by atoms with van der Waals surface area (Å²) in [5, 5.41) is 7.68. The molecule has 0 radical (unpaired) electrons. The van der Waals surface area contributed by atoms with E-state index in [1.807, 2.05) is 57.2 Å². The number of aromatic nitrogens is 2. The number of rotatable bonds is 8. The molecule has 6 nitrogen and oxygen atoms in total. The van der Waals surface area contributed by atoms with Crippen LogP contribution in [-0.2, 0) is 11.3 Å². The van der Waals surface area contributed by atoms with Crippen LogP contribution in [0.25, 0.3) is 21.1 Å². The molecule has 2 heterocycles. The van der Waals surface area contributed by atoms with Gasteiger partial charge in [0.05, 0.1) is 16.0 Å². The second kappa shape index (κ2) is 10.8. The maximum absolute atomic E-state index is 12.7. The number of amides is 2. The molecule has 37 heavy (non-hydrogen) atoms. The largest absolute Gasteiger partial charge is 0.350 e. The zero-order valence-corrected chi connectivity index (χ0v) is 22.6. The summed E-state index contributed by atoms with van der Waals surface area (Å²) in [5.74, 6) is 0.129. The molecule has 0 fully saturated rings. The summed E-state index contributed by atoms with van der Waals surface area (Å²) in [6.07, 6.45) is 2.06. The van der Waals surface area contributed by atoms with Gasteiger partial charge in [-0.15, -0.1) is 11.8 Å². The van der Waals surface area contributed by atoms with E-state index < -0.39 is 0 Å². The average molecular weight is 529 g/mol. The Kier molecular flexibility index (Phi) is 7.30. The smallest absolute Gasteiger partial charge is 0.251 e.